The van der Waals surface area contributed by atoms with E-state index in [2.05, 4.69) is 203 Å². The molecule has 0 aliphatic heterocycles. The van der Waals surface area contributed by atoms with E-state index in [9.17, 15) is 0 Å². The molecule has 10 aromatic carbocycles. The third kappa shape index (κ3) is 4.41. The summed E-state index contributed by atoms with van der Waals surface area (Å²) in [5.74, 6) is 0. The molecule has 0 aliphatic rings. The lowest BCUT2D eigenvalue weighted by Gasteiger charge is -2.13. The largest absolute Gasteiger partial charge is 0.308 e. The number of thiophene rings is 2. The van der Waals surface area contributed by atoms with Crippen LogP contribution in [-0.2, 0) is 0 Å². The fraction of sp³-hybridized carbons (Fsp3) is 0. The molecular formula is C56H32N2S2. The van der Waals surface area contributed by atoms with E-state index in [0.717, 1.165) is 0 Å². The first kappa shape index (κ1) is 32.7. The van der Waals surface area contributed by atoms with E-state index in [1.807, 2.05) is 22.7 Å². The molecule has 4 heterocycles. The molecule has 0 amide bonds. The Bertz CT molecular complexity index is 3860. The Kier molecular flexibility index (Phi) is 6.62. The minimum atomic E-state index is 1.21. The molecule has 4 aromatic heterocycles. The van der Waals surface area contributed by atoms with E-state index in [4.69, 9.17) is 0 Å². The summed E-state index contributed by atoms with van der Waals surface area (Å²) in [4.78, 5) is 0. The van der Waals surface area contributed by atoms with Crippen molar-refractivity contribution in [3.8, 4) is 22.5 Å². The Labute approximate surface area is 352 Å². The Morgan fingerprint density at radius 3 is 1.18 bits per heavy atom. The van der Waals surface area contributed by atoms with Crippen LogP contribution in [0.3, 0.4) is 0 Å². The molecule has 0 fully saturated rings. The minimum Gasteiger partial charge on any atom is -0.308 e. The summed E-state index contributed by atoms with van der Waals surface area (Å²) in [6.45, 7) is 0. The fourth-order valence-corrected chi connectivity index (χ4v) is 12.5. The van der Waals surface area contributed by atoms with Gasteiger partial charge in [-0.3, -0.25) is 0 Å². The van der Waals surface area contributed by atoms with Crippen LogP contribution in [0.15, 0.2) is 194 Å². The van der Waals surface area contributed by atoms with Crippen molar-refractivity contribution in [3.63, 3.8) is 0 Å². The number of aromatic nitrogens is 2. The highest BCUT2D eigenvalue weighted by Gasteiger charge is 2.22. The van der Waals surface area contributed by atoms with Gasteiger partial charge in [-0.25, -0.2) is 0 Å². The number of rotatable bonds is 3. The van der Waals surface area contributed by atoms with Crippen LogP contribution in [0.1, 0.15) is 0 Å². The Morgan fingerprint density at radius 1 is 0.283 bits per heavy atom. The molecule has 14 aromatic rings. The first-order valence-corrected chi connectivity index (χ1v) is 22.1. The molecule has 60 heavy (non-hydrogen) atoms. The van der Waals surface area contributed by atoms with Crippen LogP contribution in [0.4, 0.5) is 0 Å². The molecule has 0 radical (unpaired) electrons. The predicted octanol–water partition coefficient (Wildman–Crippen LogP) is 16.6. The van der Waals surface area contributed by atoms with Crippen LogP contribution < -0.4 is 0 Å². The molecule has 278 valence electrons. The van der Waals surface area contributed by atoms with Gasteiger partial charge in [-0.15, -0.1) is 22.7 Å². The maximum Gasteiger partial charge on any atom is 0.0634 e. The summed E-state index contributed by atoms with van der Waals surface area (Å²) in [6.07, 6.45) is 0. The maximum absolute atomic E-state index is 2.54. The van der Waals surface area contributed by atoms with Crippen molar-refractivity contribution in [2.45, 2.75) is 0 Å². The van der Waals surface area contributed by atoms with Crippen LogP contribution in [0.2, 0.25) is 0 Å². The second-order valence-corrected chi connectivity index (χ2v) is 18.2. The van der Waals surface area contributed by atoms with Crippen LogP contribution in [0.25, 0.3) is 128 Å². The lowest BCUT2D eigenvalue weighted by molar-refractivity contribution is 1.20. The van der Waals surface area contributed by atoms with Crippen molar-refractivity contribution in [2.75, 3.05) is 0 Å². The standard InChI is InChI=1S/C56H32N2S2/c1-3-15-37-33(11-1)13-9-19-45(37)57-47-27-23-35(31-43(47)39-25-29-51-53(55(39)57)41-17-5-7-21-49(41)59-51)36-24-28-48-44(32-36)40-26-30-52-54(42-18-6-8-22-50(42)60-52)56(40)58(48)46-20-10-14-34-12-2-4-16-38(34)46/h1-32H. The van der Waals surface area contributed by atoms with Gasteiger partial charge in [-0.1, -0.05) is 133 Å². The van der Waals surface area contributed by atoms with Gasteiger partial charge >= 0.3 is 0 Å². The van der Waals surface area contributed by atoms with E-state index < -0.39 is 0 Å². The van der Waals surface area contributed by atoms with Gasteiger partial charge in [-0.2, -0.15) is 0 Å². The fourth-order valence-electron chi connectivity index (χ4n) is 10.3. The average Bonchev–Trinajstić information content (AvgIpc) is 4.05. The SMILES string of the molecule is c1ccc2c(-n3c4ccc(-c5ccc6c(c5)c5ccc7sc8ccccc8c7c5n6-c5cccc6ccccc56)cc4c4ccc5sc6ccccc6c5c43)cccc2c1. The van der Waals surface area contributed by atoms with Crippen molar-refractivity contribution < 1.29 is 0 Å². The summed E-state index contributed by atoms with van der Waals surface area (Å²) in [7, 11) is 0. The van der Waals surface area contributed by atoms with Gasteiger partial charge in [0.15, 0.2) is 0 Å². The van der Waals surface area contributed by atoms with E-state index in [1.54, 1.807) is 0 Å². The van der Waals surface area contributed by atoms with E-state index >= 15 is 0 Å². The second kappa shape index (κ2) is 12.2. The molecule has 0 N–H and O–H groups in total. The molecule has 2 nitrogen and oxygen atoms in total. The van der Waals surface area contributed by atoms with Gasteiger partial charge in [0.1, 0.15) is 0 Å². The monoisotopic (exact) mass is 796 g/mol. The molecule has 0 aliphatic carbocycles. The zero-order chi connectivity index (χ0) is 39.1. The Hall–Kier alpha value is -7.24. The average molecular weight is 797 g/mol. The first-order valence-electron chi connectivity index (χ1n) is 20.5. The number of hydrogen-bond acceptors (Lipinski definition) is 2. The van der Waals surface area contributed by atoms with Crippen LogP contribution >= 0.6 is 22.7 Å². The van der Waals surface area contributed by atoms with Crippen molar-refractivity contribution in [3.05, 3.63) is 194 Å². The van der Waals surface area contributed by atoms with Gasteiger partial charge < -0.3 is 9.13 Å². The Balaban J connectivity index is 1.07. The van der Waals surface area contributed by atoms with Gasteiger partial charge in [0.25, 0.3) is 0 Å². The quantitative estimate of drug-likeness (QED) is 0.169. The smallest absolute Gasteiger partial charge is 0.0634 e. The molecule has 0 bridgehead atoms. The maximum atomic E-state index is 2.54. The lowest BCUT2D eigenvalue weighted by Crippen LogP contribution is -1.96. The summed E-state index contributed by atoms with van der Waals surface area (Å²) in [6, 6.07) is 72.4. The van der Waals surface area contributed by atoms with Crippen LogP contribution in [-0.4, -0.2) is 9.13 Å². The molecule has 14 rings (SSSR count). The molecule has 0 atom stereocenters. The lowest BCUT2D eigenvalue weighted by atomic mass is 10.00. The van der Waals surface area contributed by atoms with Crippen molar-refractivity contribution >= 4 is 128 Å². The first-order chi connectivity index (χ1) is 29.8. The number of nitrogens with zero attached hydrogens (tertiary/aromatic N) is 2. The van der Waals surface area contributed by atoms with Crippen molar-refractivity contribution in [1.82, 2.24) is 9.13 Å². The zero-order valence-corrected chi connectivity index (χ0v) is 33.8. The van der Waals surface area contributed by atoms with Crippen molar-refractivity contribution in [1.29, 1.82) is 0 Å². The summed E-state index contributed by atoms with van der Waals surface area (Å²) >= 11 is 3.77. The molecule has 4 heteroatoms. The number of fused-ring (bicyclic) bond motifs is 16. The third-order valence-corrected chi connectivity index (χ3v) is 15.2. The van der Waals surface area contributed by atoms with E-state index in [-0.39, 0.29) is 0 Å². The zero-order valence-electron chi connectivity index (χ0n) is 32.2. The third-order valence-electron chi connectivity index (χ3n) is 12.9. The van der Waals surface area contributed by atoms with Crippen molar-refractivity contribution in [2.24, 2.45) is 0 Å². The highest BCUT2D eigenvalue weighted by molar-refractivity contribution is 7.26. The molecular weight excluding hydrogens is 765 g/mol. The van der Waals surface area contributed by atoms with Crippen LogP contribution in [0, 0.1) is 0 Å². The molecule has 0 saturated carbocycles. The topological polar surface area (TPSA) is 9.86 Å². The van der Waals surface area contributed by atoms with Crippen LogP contribution in [0.5, 0.6) is 0 Å². The summed E-state index contributed by atoms with van der Waals surface area (Å²) in [5.41, 5.74) is 9.82. The van der Waals surface area contributed by atoms with Gasteiger partial charge in [0.05, 0.1) is 33.4 Å². The molecule has 0 spiro atoms. The van der Waals surface area contributed by atoms with E-state index in [1.165, 1.54) is 128 Å². The van der Waals surface area contributed by atoms with Gasteiger partial charge in [0, 0.05) is 72.7 Å². The summed E-state index contributed by atoms with van der Waals surface area (Å²) in [5, 5.41) is 15.3. The predicted molar refractivity (Wildman–Crippen MR) is 261 cm³/mol. The minimum absolute atomic E-state index is 1.21. The normalized spacial score (nSPS) is 12.3. The number of hydrogen-bond donors (Lipinski definition) is 0. The number of benzene rings is 10. The highest BCUT2D eigenvalue weighted by Crippen LogP contribution is 2.47. The summed E-state index contributed by atoms with van der Waals surface area (Å²) < 4.78 is 10.3. The Morgan fingerprint density at radius 2 is 0.700 bits per heavy atom. The molecule has 0 unspecified atom stereocenters. The second-order valence-electron chi connectivity index (χ2n) is 16.0. The van der Waals surface area contributed by atoms with E-state index in [0.29, 0.717) is 0 Å². The van der Waals surface area contributed by atoms with Gasteiger partial charge in [-0.05, 0) is 82.6 Å². The molecule has 0 saturated heterocycles. The van der Waals surface area contributed by atoms with Gasteiger partial charge in [0.2, 0.25) is 0 Å². The highest BCUT2D eigenvalue weighted by atomic mass is 32.1.